The summed E-state index contributed by atoms with van der Waals surface area (Å²) < 4.78 is 0. The number of phenolic OH excluding ortho intramolecular Hbond substituents is 1. The minimum atomic E-state index is -1.14. The molecule has 0 fully saturated rings. The molecule has 0 aliphatic heterocycles. The second kappa shape index (κ2) is 5.73. The van der Waals surface area contributed by atoms with Crippen molar-refractivity contribution in [1.82, 2.24) is 0 Å². The van der Waals surface area contributed by atoms with Gasteiger partial charge in [-0.25, -0.2) is 4.79 Å². The Hall–Kier alpha value is -3.28. The third-order valence-electron chi connectivity index (χ3n) is 3.90. The number of carboxylic acids is 1. The lowest BCUT2D eigenvalue weighted by atomic mass is 9.82. The molecule has 1 aliphatic carbocycles. The fourth-order valence-corrected chi connectivity index (χ4v) is 2.58. The number of ketones is 2. The van der Waals surface area contributed by atoms with E-state index in [1.54, 1.807) is 24.3 Å². The van der Waals surface area contributed by atoms with Gasteiger partial charge in [-0.15, -0.1) is 0 Å². The molecule has 1 unspecified atom stereocenters. The predicted molar refractivity (Wildman–Crippen MR) is 86.1 cm³/mol. The van der Waals surface area contributed by atoms with Gasteiger partial charge in [-0.05, 0) is 19.1 Å². The highest BCUT2D eigenvalue weighted by Crippen LogP contribution is 2.32. The first-order chi connectivity index (χ1) is 11.4. The molecule has 0 spiro atoms. The molecule has 2 aromatic carbocycles. The molecule has 0 bridgehead atoms. The van der Waals surface area contributed by atoms with Gasteiger partial charge in [-0.3, -0.25) is 14.6 Å². The molecule has 3 rings (SSSR count). The SMILES string of the molecule is CC(N=Cc1c(O)ccc2c1C(=O)c1ccccc1C2=O)C(=O)O. The van der Waals surface area contributed by atoms with E-state index in [2.05, 4.69) is 4.99 Å². The van der Waals surface area contributed by atoms with E-state index < -0.39 is 17.8 Å². The summed E-state index contributed by atoms with van der Waals surface area (Å²) >= 11 is 0. The van der Waals surface area contributed by atoms with Crippen LogP contribution in [-0.4, -0.2) is 40.0 Å². The van der Waals surface area contributed by atoms with Crippen molar-refractivity contribution in [3.63, 3.8) is 0 Å². The van der Waals surface area contributed by atoms with Gasteiger partial charge in [0.1, 0.15) is 11.8 Å². The Labute approximate surface area is 137 Å². The molecule has 0 radical (unpaired) electrons. The van der Waals surface area contributed by atoms with Crippen LogP contribution in [0.15, 0.2) is 41.4 Å². The van der Waals surface area contributed by atoms with Crippen LogP contribution in [-0.2, 0) is 4.79 Å². The molecule has 120 valence electrons. The van der Waals surface area contributed by atoms with E-state index >= 15 is 0 Å². The molecule has 0 saturated carbocycles. The average Bonchev–Trinajstić information content (AvgIpc) is 2.58. The fourth-order valence-electron chi connectivity index (χ4n) is 2.58. The highest BCUT2D eigenvalue weighted by Gasteiger charge is 2.32. The number of rotatable bonds is 3. The first-order valence-electron chi connectivity index (χ1n) is 7.22. The van der Waals surface area contributed by atoms with Crippen molar-refractivity contribution < 1.29 is 24.6 Å². The summed E-state index contributed by atoms with van der Waals surface area (Å²) in [6.07, 6.45) is 1.13. The standard InChI is InChI=1S/C18H13NO5/c1-9(18(23)24)19-8-13-14(20)7-6-12-15(13)17(22)11-5-3-2-4-10(11)16(12)21/h2-9,20H,1H3,(H,23,24). The number of aromatic hydroxyl groups is 1. The lowest BCUT2D eigenvalue weighted by molar-refractivity contribution is -0.137. The number of carbonyl (C=O) groups excluding carboxylic acids is 2. The Morgan fingerprint density at radius 1 is 1.04 bits per heavy atom. The summed E-state index contributed by atoms with van der Waals surface area (Å²) in [6, 6.07) is 8.09. The third kappa shape index (κ3) is 2.38. The zero-order valence-corrected chi connectivity index (χ0v) is 12.7. The molecule has 0 amide bonds. The molecule has 6 nitrogen and oxygen atoms in total. The largest absolute Gasteiger partial charge is 0.507 e. The van der Waals surface area contributed by atoms with Crippen molar-refractivity contribution in [2.24, 2.45) is 4.99 Å². The molecule has 2 N–H and O–H groups in total. The number of carbonyl (C=O) groups is 3. The van der Waals surface area contributed by atoms with Gasteiger partial charge in [-0.1, -0.05) is 24.3 Å². The second-order valence-corrected chi connectivity index (χ2v) is 5.42. The number of hydrogen-bond acceptors (Lipinski definition) is 5. The quantitative estimate of drug-likeness (QED) is 0.718. The Kier molecular flexibility index (Phi) is 3.73. The molecule has 24 heavy (non-hydrogen) atoms. The normalized spacial score (nSPS) is 14.4. The van der Waals surface area contributed by atoms with E-state index in [4.69, 9.17) is 5.11 Å². The van der Waals surface area contributed by atoms with Crippen molar-refractivity contribution >= 4 is 23.8 Å². The van der Waals surface area contributed by atoms with Crippen LogP contribution < -0.4 is 0 Å². The van der Waals surface area contributed by atoms with Crippen molar-refractivity contribution in [2.45, 2.75) is 13.0 Å². The summed E-state index contributed by atoms with van der Waals surface area (Å²) in [5.41, 5.74) is 0.818. The smallest absolute Gasteiger partial charge is 0.328 e. The first kappa shape index (κ1) is 15.6. The predicted octanol–water partition coefficient (Wildman–Crippen LogP) is 2.06. The molecule has 6 heteroatoms. The summed E-state index contributed by atoms with van der Waals surface area (Å²) in [7, 11) is 0. The van der Waals surface area contributed by atoms with Crippen molar-refractivity contribution in [3.8, 4) is 5.75 Å². The number of hydrogen-bond donors (Lipinski definition) is 2. The molecular formula is C18H13NO5. The number of benzene rings is 2. The minimum absolute atomic E-state index is 0.0417. The van der Waals surface area contributed by atoms with E-state index in [1.807, 2.05) is 0 Å². The first-order valence-corrected chi connectivity index (χ1v) is 7.22. The zero-order chi connectivity index (χ0) is 17.4. The van der Waals surface area contributed by atoms with Gasteiger partial charge in [-0.2, -0.15) is 0 Å². The van der Waals surface area contributed by atoms with Gasteiger partial charge in [0, 0.05) is 34.0 Å². The van der Waals surface area contributed by atoms with Crippen LogP contribution in [0.4, 0.5) is 0 Å². The van der Waals surface area contributed by atoms with Crippen molar-refractivity contribution in [1.29, 1.82) is 0 Å². The van der Waals surface area contributed by atoms with E-state index in [9.17, 15) is 19.5 Å². The van der Waals surface area contributed by atoms with Crippen molar-refractivity contribution in [3.05, 3.63) is 64.2 Å². The lowest BCUT2D eigenvalue weighted by Gasteiger charge is -2.19. The summed E-state index contributed by atoms with van der Waals surface area (Å²) in [5, 5.41) is 19.0. The van der Waals surface area contributed by atoms with Crippen LogP contribution in [0, 0.1) is 0 Å². The monoisotopic (exact) mass is 323 g/mol. The highest BCUT2D eigenvalue weighted by atomic mass is 16.4. The maximum absolute atomic E-state index is 12.8. The van der Waals surface area contributed by atoms with Crippen LogP contribution in [0.2, 0.25) is 0 Å². The van der Waals surface area contributed by atoms with Crippen LogP contribution in [0.25, 0.3) is 0 Å². The Morgan fingerprint density at radius 2 is 1.67 bits per heavy atom. The van der Waals surface area contributed by atoms with Crippen molar-refractivity contribution in [2.75, 3.05) is 0 Å². The van der Waals surface area contributed by atoms with Crippen LogP contribution >= 0.6 is 0 Å². The average molecular weight is 323 g/mol. The zero-order valence-electron chi connectivity index (χ0n) is 12.7. The summed E-state index contributed by atoms with van der Waals surface area (Å²) in [4.78, 5) is 40.1. The number of phenols is 1. The maximum Gasteiger partial charge on any atom is 0.328 e. The van der Waals surface area contributed by atoms with E-state index in [1.165, 1.54) is 19.1 Å². The van der Waals surface area contributed by atoms with E-state index in [-0.39, 0.29) is 33.8 Å². The summed E-state index contributed by atoms with van der Waals surface area (Å²) in [5.74, 6) is -2.10. The molecule has 0 aromatic heterocycles. The summed E-state index contributed by atoms with van der Waals surface area (Å²) in [6.45, 7) is 1.37. The molecule has 0 saturated heterocycles. The number of aliphatic carboxylic acids is 1. The Morgan fingerprint density at radius 3 is 2.29 bits per heavy atom. The molecule has 1 atom stereocenters. The topological polar surface area (TPSA) is 104 Å². The molecule has 1 aliphatic rings. The van der Waals surface area contributed by atoms with Gasteiger partial charge in [0.05, 0.1) is 0 Å². The minimum Gasteiger partial charge on any atom is -0.507 e. The number of nitrogens with zero attached hydrogens (tertiary/aromatic N) is 1. The van der Waals surface area contributed by atoms with Crippen LogP contribution in [0.5, 0.6) is 5.75 Å². The molecule has 0 heterocycles. The van der Waals surface area contributed by atoms with Gasteiger partial charge in [0.2, 0.25) is 0 Å². The van der Waals surface area contributed by atoms with E-state index in [0.717, 1.165) is 6.21 Å². The number of aliphatic imine (C=N–C) groups is 1. The van der Waals surface area contributed by atoms with E-state index in [0.29, 0.717) is 5.56 Å². The number of fused-ring (bicyclic) bond motifs is 2. The van der Waals surface area contributed by atoms with Crippen LogP contribution in [0.3, 0.4) is 0 Å². The van der Waals surface area contributed by atoms with Gasteiger partial charge in [0.25, 0.3) is 0 Å². The Bertz CT molecular complexity index is 914. The van der Waals surface area contributed by atoms with Gasteiger partial charge in [0.15, 0.2) is 11.6 Å². The van der Waals surface area contributed by atoms with Gasteiger partial charge >= 0.3 is 5.97 Å². The molecule has 2 aromatic rings. The van der Waals surface area contributed by atoms with Crippen LogP contribution in [0.1, 0.15) is 44.3 Å². The second-order valence-electron chi connectivity index (χ2n) is 5.42. The maximum atomic E-state index is 12.8. The Balaban J connectivity index is 2.19. The fraction of sp³-hybridized carbons (Fsp3) is 0.111. The van der Waals surface area contributed by atoms with Gasteiger partial charge < -0.3 is 10.2 Å². The third-order valence-corrected chi connectivity index (χ3v) is 3.90. The number of carboxylic acid groups (broad SMARTS) is 1. The highest BCUT2D eigenvalue weighted by molar-refractivity contribution is 6.30. The lowest BCUT2D eigenvalue weighted by Crippen LogP contribution is -2.22. The molecular weight excluding hydrogens is 310 g/mol.